The second kappa shape index (κ2) is 6.21. The topological polar surface area (TPSA) is 29.3 Å². The Morgan fingerprint density at radius 1 is 1.33 bits per heavy atom. The van der Waals surface area contributed by atoms with Gasteiger partial charge in [0, 0.05) is 19.3 Å². The van der Waals surface area contributed by atoms with E-state index in [0.29, 0.717) is 0 Å². The van der Waals surface area contributed by atoms with Crippen molar-refractivity contribution in [1.29, 1.82) is 0 Å². The van der Waals surface area contributed by atoms with Gasteiger partial charge in [0.05, 0.1) is 0 Å². The molecule has 4 heteroatoms. The SMILES string of the molecule is Cc1nc2ccc(CCN(C)CCCCl)cc2o1. The third kappa shape index (κ3) is 3.47. The summed E-state index contributed by atoms with van der Waals surface area (Å²) < 4.78 is 5.54. The number of fused-ring (bicyclic) bond motifs is 1. The second-order valence-electron chi connectivity index (χ2n) is 4.63. The first-order valence-electron chi connectivity index (χ1n) is 6.29. The van der Waals surface area contributed by atoms with Crippen LogP contribution in [0.2, 0.25) is 0 Å². The molecule has 0 spiro atoms. The summed E-state index contributed by atoms with van der Waals surface area (Å²) in [5, 5.41) is 0. The highest BCUT2D eigenvalue weighted by Gasteiger charge is 2.04. The van der Waals surface area contributed by atoms with Crippen LogP contribution in [0.4, 0.5) is 0 Å². The Labute approximate surface area is 113 Å². The van der Waals surface area contributed by atoms with Crippen molar-refractivity contribution >= 4 is 22.7 Å². The van der Waals surface area contributed by atoms with Crippen LogP contribution >= 0.6 is 11.6 Å². The van der Waals surface area contributed by atoms with E-state index in [-0.39, 0.29) is 0 Å². The van der Waals surface area contributed by atoms with Gasteiger partial charge in [-0.05, 0) is 44.1 Å². The summed E-state index contributed by atoms with van der Waals surface area (Å²) in [6.07, 6.45) is 2.06. The van der Waals surface area contributed by atoms with E-state index in [4.69, 9.17) is 16.0 Å². The van der Waals surface area contributed by atoms with Crippen molar-refractivity contribution in [2.45, 2.75) is 19.8 Å². The van der Waals surface area contributed by atoms with Crippen molar-refractivity contribution in [3.63, 3.8) is 0 Å². The van der Waals surface area contributed by atoms with Gasteiger partial charge in [-0.2, -0.15) is 0 Å². The molecule has 3 nitrogen and oxygen atoms in total. The van der Waals surface area contributed by atoms with E-state index < -0.39 is 0 Å². The molecule has 0 radical (unpaired) electrons. The van der Waals surface area contributed by atoms with E-state index in [1.165, 1.54) is 5.56 Å². The number of nitrogens with zero attached hydrogens (tertiary/aromatic N) is 2. The van der Waals surface area contributed by atoms with Crippen LogP contribution in [0, 0.1) is 6.92 Å². The monoisotopic (exact) mass is 266 g/mol. The van der Waals surface area contributed by atoms with Crippen LogP contribution in [0.1, 0.15) is 17.9 Å². The van der Waals surface area contributed by atoms with Gasteiger partial charge >= 0.3 is 0 Å². The summed E-state index contributed by atoms with van der Waals surface area (Å²) in [5.41, 5.74) is 3.11. The molecule has 2 rings (SSSR count). The molecule has 0 N–H and O–H groups in total. The van der Waals surface area contributed by atoms with E-state index in [1.807, 2.05) is 13.0 Å². The van der Waals surface area contributed by atoms with Crippen molar-refractivity contribution in [2.75, 3.05) is 26.0 Å². The van der Waals surface area contributed by atoms with Gasteiger partial charge in [0.2, 0.25) is 0 Å². The van der Waals surface area contributed by atoms with Crippen LogP contribution in [0.15, 0.2) is 22.6 Å². The van der Waals surface area contributed by atoms with Crippen LogP contribution in [0.5, 0.6) is 0 Å². The molecular weight excluding hydrogens is 248 g/mol. The van der Waals surface area contributed by atoms with Gasteiger partial charge in [0.1, 0.15) is 5.52 Å². The molecule has 2 aromatic rings. The van der Waals surface area contributed by atoms with Gasteiger partial charge < -0.3 is 9.32 Å². The zero-order chi connectivity index (χ0) is 13.0. The second-order valence-corrected chi connectivity index (χ2v) is 5.01. The normalized spacial score (nSPS) is 11.6. The maximum Gasteiger partial charge on any atom is 0.192 e. The summed E-state index contributed by atoms with van der Waals surface area (Å²) in [5.74, 6) is 1.45. The highest BCUT2D eigenvalue weighted by Crippen LogP contribution is 2.17. The van der Waals surface area contributed by atoms with Crippen molar-refractivity contribution in [3.8, 4) is 0 Å². The molecule has 0 fully saturated rings. The largest absolute Gasteiger partial charge is 0.441 e. The van der Waals surface area contributed by atoms with Crippen LogP contribution in [0.3, 0.4) is 0 Å². The van der Waals surface area contributed by atoms with E-state index >= 15 is 0 Å². The standard InChI is InChI=1S/C14H19ClN2O/c1-11-16-13-5-4-12(10-14(13)18-11)6-9-17(2)8-3-7-15/h4-5,10H,3,6-9H2,1-2H3. The fourth-order valence-corrected chi connectivity index (χ4v) is 2.12. The Balaban J connectivity index is 1.95. The lowest BCUT2D eigenvalue weighted by molar-refractivity contribution is 0.340. The van der Waals surface area contributed by atoms with Crippen molar-refractivity contribution in [1.82, 2.24) is 9.88 Å². The third-order valence-corrected chi connectivity index (χ3v) is 3.28. The number of hydrogen-bond acceptors (Lipinski definition) is 3. The minimum absolute atomic E-state index is 0.724. The lowest BCUT2D eigenvalue weighted by Gasteiger charge is -2.15. The molecule has 18 heavy (non-hydrogen) atoms. The maximum atomic E-state index is 5.68. The Kier molecular flexibility index (Phi) is 4.61. The first-order chi connectivity index (χ1) is 8.69. The number of hydrogen-bond donors (Lipinski definition) is 0. The smallest absolute Gasteiger partial charge is 0.192 e. The third-order valence-electron chi connectivity index (χ3n) is 3.02. The highest BCUT2D eigenvalue weighted by atomic mass is 35.5. The fourth-order valence-electron chi connectivity index (χ4n) is 2.00. The van der Waals surface area contributed by atoms with Gasteiger partial charge in [-0.3, -0.25) is 0 Å². The Morgan fingerprint density at radius 3 is 2.94 bits per heavy atom. The van der Waals surface area contributed by atoms with Gasteiger partial charge in [0.25, 0.3) is 0 Å². The molecule has 0 atom stereocenters. The van der Waals surface area contributed by atoms with Crippen LogP contribution in [0.25, 0.3) is 11.1 Å². The van der Waals surface area contributed by atoms with Crippen molar-refractivity contribution < 1.29 is 4.42 Å². The first kappa shape index (κ1) is 13.4. The van der Waals surface area contributed by atoms with Crippen molar-refractivity contribution in [2.24, 2.45) is 0 Å². The lowest BCUT2D eigenvalue weighted by atomic mass is 10.1. The lowest BCUT2D eigenvalue weighted by Crippen LogP contribution is -2.22. The van der Waals surface area contributed by atoms with Crippen LogP contribution in [-0.2, 0) is 6.42 Å². The molecule has 1 aromatic carbocycles. The molecule has 1 aromatic heterocycles. The number of aromatic nitrogens is 1. The Hall–Kier alpha value is -1.06. The van der Waals surface area contributed by atoms with E-state index in [0.717, 1.165) is 48.8 Å². The van der Waals surface area contributed by atoms with Crippen molar-refractivity contribution in [3.05, 3.63) is 29.7 Å². The number of benzene rings is 1. The average Bonchev–Trinajstić information content (AvgIpc) is 2.73. The number of rotatable bonds is 6. The number of aryl methyl sites for hydroxylation is 1. The summed E-state index contributed by atoms with van der Waals surface area (Å²) in [7, 11) is 2.13. The predicted octanol–water partition coefficient (Wildman–Crippen LogP) is 3.24. The summed E-state index contributed by atoms with van der Waals surface area (Å²) in [4.78, 5) is 6.60. The number of halogens is 1. The van der Waals surface area contributed by atoms with Gasteiger partial charge in [0.15, 0.2) is 11.5 Å². The Morgan fingerprint density at radius 2 is 2.17 bits per heavy atom. The summed E-state index contributed by atoms with van der Waals surface area (Å²) >= 11 is 5.68. The fraction of sp³-hybridized carbons (Fsp3) is 0.500. The first-order valence-corrected chi connectivity index (χ1v) is 6.83. The number of likely N-dealkylation sites (N-methyl/N-ethyl adjacent to an activating group) is 1. The number of alkyl halides is 1. The predicted molar refractivity (Wildman–Crippen MR) is 75.3 cm³/mol. The van der Waals surface area contributed by atoms with E-state index in [9.17, 15) is 0 Å². The molecular formula is C14H19ClN2O. The summed E-state index contributed by atoms with van der Waals surface area (Å²) in [6.45, 7) is 3.96. The quantitative estimate of drug-likeness (QED) is 0.752. The molecule has 1 heterocycles. The molecule has 98 valence electrons. The molecule has 0 aliphatic carbocycles. The van der Waals surface area contributed by atoms with Crippen LogP contribution in [-0.4, -0.2) is 35.9 Å². The van der Waals surface area contributed by atoms with Gasteiger partial charge in [-0.15, -0.1) is 11.6 Å². The molecule has 0 amide bonds. The van der Waals surface area contributed by atoms with Gasteiger partial charge in [-0.25, -0.2) is 4.98 Å². The molecule has 0 bridgehead atoms. The summed E-state index contributed by atoms with van der Waals surface area (Å²) in [6, 6.07) is 6.24. The molecule has 0 aliphatic rings. The Bertz CT molecular complexity index is 509. The van der Waals surface area contributed by atoms with Gasteiger partial charge in [-0.1, -0.05) is 6.07 Å². The zero-order valence-corrected chi connectivity index (χ0v) is 11.7. The average molecular weight is 267 g/mol. The molecule has 0 aliphatic heterocycles. The minimum atomic E-state index is 0.724. The molecule has 0 saturated heterocycles. The zero-order valence-electron chi connectivity index (χ0n) is 10.9. The van der Waals surface area contributed by atoms with E-state index in [1.54, 1.807) is 0 Å². The van der Waals surface area contributed by atoms with E-state index in [2.05, 4.69) is 29.1 Å². The van der Waals surface area contributed by atoms with Crippen LogP contribution < -0.4 is 0 Å². The highest BCUT2D eigenvalue weighted by molar-refractivity contribution is 6.17. The minimum Gasteiger partial charge on any atom is -0.441 e. The molecule has 0 unspecified atom stereocenters. The maximum absolute atomic E-state index is 5.68. The molecule has 0 saturated carbocycles. The number of oxazole rings is 1.